The summed E-state index contributed by atoms with van der Waals surface area (Å²) in [5.41, 5.74) is 0.653. The fourth-order valence-corrected chi connectivity index (χ4v) is 4.38. The molecule has 0 aliphatic carbocycles. The second-order valence-corrected chi connectivity index (χ2v) is 8.15. The van der Waals surface area contributed by atoms with E-state index >= 15 is 0 Å². The molecule has 7 heteroatoms. The van der Waals surface area contributed by atoms with E-state index in [2.05, 4.69) is 0 Å². The molecular weight excluding hydrogens is 396 g/mol. The number of benzene rings is 1. The van der Waals surface area contributed by atoms with Gasteiger partial charge in [0.05, 0.1) is 36.0 Å². The second kappa shape index (κ2) is 8.20. The minimum Gasteiger partial charge on any atom is -0.467 e. The largest absolute Gasteiger partial charge is 0.467 e. The van der Waals surface area contributed by atoms with Crippen LogP contribution in [0.1, 0.15) is 17.1 Å². The number of halogens is 1. The molecule has 0 bridgehead atoms. The molecule has 0 spiro atoms. The van der Waals surface area contributed by atoms with Crippen molar-refractivity contribution in [2.45, 2.75) is 19.5 Å². The summed E-state index contributed by atoms with van der Waals surface area (Å²) >= 11 is 7.85. The number of carbonyl (C=O) groups is 2. The van der Waals surface area contributed by atoms with Crippen molar-refractivity contribution < 1.29 is 14.0 Å². The Kier molecular flexibility index (Phi) is 5.50. The number of rotatable bonds is 6. The maximum absolute atomic E-state index is 13.3. The number of furan rings is 1. The van der Waals surface area contributed by atoms with Gasteiger partial charge in [0.2, 0.25) is 11.8 Å². The zero-order valence-corrected chi connectivity index (χ0v) is 16.7. The molecule has 1 aliphatic rings. The van der Waals surface area contributed by atoms with E-state index in [0.29, 0.717) is 30.3 Å². The monoisotopic (exact) mass is 414 g/mol. The first-order chi connectivity index (χ1) is 13.6. The summed E-state index contributed by atoms with van der Waals surface area (Å²) in [6.45, 7) is 1.20. The van der Waals surface area contributed by atoms with Crippen LogP contribution in [-0.2, 0) is 22.7 Å². The van der Waals surface area contributed by atoms with Crippen molar-refractivity contribution in [3.05, 3.63) is 75.8 Å². The van der Waals surface area contributed by atoms with Crippen LogP contribution >= 0.6 is 22.9 Å². The van der Waals surface area contributed by atoms with E-state index in [1.807, 2.05) is 35.7 Å². The lowest BCUT2D eigenvalue weighted by molar-refractivity contribution is -0.137. The highest BCUT2D eigenvalue weighted by Gasteiger charge is 2.38. The molecular formula is C21H19ClN2O3S. The minimum absolute atomic E-state index is 0.0484. The van der Waals surface area contributed by atoms with Crippen molar-refractivity contribution in [2.75, 3.05) is 11.4 Å². The first-order valence-electron chi connectivity index (χ1n) is 9.00. The van der Waals surface area contributed by atoms with Crippen LogP contribution in [0.4, 0.5) is 5.69 Å². The third-order valence-electron chi connectivity index (χ3n) is 4.78. The van der Waals surface area contributed by atoms with E-state index in [9.17, 15) is 9.59 Å². The highest BCUT2D eigenvalue weighted by molar-refractivity contribution is 7.09. The van der Waals surface area contributed by atoms with Crippen molar-refractivity contribution in [1.82, 2.24) is 4.90 Å². The molecule has 5 nitrogen and oxygen atoms in total. The average molecular weight is 415 g/mol. The standard InChI is InChI=1S/C21H19ClN2O3S/c22-18-7-1-2-8-19(18)24-12-15(11-20(24)25)21(26)23(13-16-5-3-9-27-16)14-17-6-4-10-28-17/h1-10,15H,11-14H2. The van der Waals surface area contributed by atoms with Gasteiger partial charge in [-0.15, -0.1) is 11.3 Å². The van der Waals surface area contributed by atoms with Gasteiger partial charge >= 0.3 is 0 Å². The van der Waals surface area contributed by atoms with Crippen LogP contribution in [0.15, 0.2) is 64.6 Å². The van der Waals surface area contributed by atoms with Gasteiger partial charge in [-0.25, -0.2) is 0 Å². The number of hydrogen-bond acceptors (Lipinski definition) is 4. The molecule has 3 aromatic rings. The number of carbonyl (C=O) groups excluding carboxylic acids is 2. The van der Waals surface area contributed by atoms with Gasteiger partial charge in [-0.05, 0) is 35.7 Å². The Morgan fingerprint density at radius 2 is 2.04 bits per heavy atom. The van der Waals surface area contributed by atoms with Gasteiger partial charge in [0, 0.05) is 17.8 Å². The molecule has 28 heavy (non-hydrogen) atoms. The summed E-state index contributed by atoms with van der Waals surface area (Å²) in [6, 6.07) is 14.8. The Morgan fingerprint density at radius 3 is 2.75 bits per heavy atom. The Labute approximate surface area is 172 Å². The maximum atomic E-state index is 13.3. The van der Waals surface area contributed by atoms with Crippen molar-refractivity contribution in [2.24, 2.45) is 5.92 Å². The Bertz CT molecular complexity index is 920. The van der Waals surface area contributed by atoms with Gasteiger partial charge in [0.25, 0.3) is 0 Å². The molecule has 1 atom stereocenters. The van der Waals surface area contributed by atoms with Crippen LogP contribution in [0.5, 0.6) is 0 Å². The quantitative estimate of drug-likeness (QED) is 0.593. The summed E-state index contributed by atoms with van der Waals surface area (Å²) in [5, 5.41) is 2.50. The van der Waals surface area contributed by atoms with Gasteiger partial charge in [-0.2, -0.15) is 0 Å². The third-order valence-corrected chi connectivity index (χ3v) is 5.96. The topological polar surface area (TPSA) is 53.8 Å². The highest BCUT2D eigenvalue weighted by atomic mass is 35.5. The van der Waals surface area contributed by atoms with Crippen LogP contribution in [0.2, 0.25) is 5.02 Å². The van der Waals surface area contributed by atoms with Crippen LogP contribution < -0.4 is 4.90 Å². The zero-order valence-electron chi connectivity index (χ0n) is 15.1. The molecule has 0 N–H and O–H groups in total. The molecule has 0 radical (unpaired) electrons. The number of thiophene rings is 1. The lowest BCUT2D eigenvalue weighted by atomic mass is 10.1. The van der Waals surface area contributed by atoms with Crippen molar-refractivity contribution in [3.63, 3.8) is 0 Å². The molecule has 2 amide bonds. The van der Waals surface area contributed by atoms with E-state index < -0.39 is 5.92 Å². The molecule has 1 fully saturated rings. The number of anilines is 1. The Hall–Kier alpha value is -2.57. The van der Waals surface area contributed by atoms with E-state index in [0.717, 1.165) is 10.6 Å². The van der Waals surface area contributed by atoms with Crippen LogP contribution in [-0.4, -0.2) is 23.3 Å². The average Bonchev–Trinajstić information content (AvgIpc) is 3.44. The summed E-state index contributed by atoms with van der Waals surface area (Å²) in [7, 11) is 0. The normalized spacial score (nSPS) is 16.5. The molecule has 4 rings (SSSR count). The minimum atomic E-state index is -0.404. The molecule has 3 heterocycles. The van der Waals surface area contributed by atoms with Gasteiger partial charge in [-0.1, -0.05) is 29.8 Å². The molecule has 1 aliphatic heterocycles. The number of amides is 2. The first-order valence-corrected chi connectivity index (χ1v) is 10.3. The third kappa shape index (κ3) is 3.98. The summed E-state index contributed by atoms with van der Waals surface area (Å²) in [6.07, 6.45) is 1.78. The summed E-state index contributed by atoms with van der Waals surface area (Å²) in [5.74, 6) is 0.184. The predicted molar refractivity (Wildman–Crippen MR) is 109 cm³/mol. The van der Waals surface area contributed by atoms with Crippen LogP contribution in [0.25, 0.3) is 0 Å². The lowest BCUT2D eigenvalue weighted by Gasteiger charge is -2.24. The predicted octanol–water partition coefficient (Wildman–Crippen LogP) is 4.58. The summed E-state index contributed by atoms with van der Waals surface area (Å²) in [4.78, 5) is 30.3. The van der Waals surface area contributed by atoms with Crippen LogP contribution in [0.3, 0.4) is 0 Å². The van der Waals surface area contributed by atoms with Crippen LogP contribution in [0, 0.1) is 5.92 Å². The van der Waals surface area contributed by atoms with E-state index in [4.69, 9.17) is 16.0 Å². The number of hydrogen-bond donors (Lipinski definition) is 0. The number of nitrogens with zero attached hydrogens (tertiary/aromatic N) is 2. The maximum Gasteiger partial charge on any atom is 0.228 e. The SMILES string of the molecule is O=C(C1CC(=O)N(c2ccccc2Cl)C1)N(Cc1ccco1)Cc1cccs1. The molecule has 1 aromatic carbocycles. The zero-order chi connectivity index (χ0) is 19.5. The highest BCUT2D eigenvalue weighted by Crippen LogP contribution is 2.32. The molecule has 2 aromatic heterocycles. The smallest absolute Gasteiger partial charge is 0.228 e. The van der Waals surface area contributed by atoms with Gasteiger partial charge in [-0.3, -0.25) is 9.59 Å². The van der Waals surface area contributed by atoms with E-state index in [-0.39, 0.29) is 18.2 Å². The fourth-order valence-electron chi connectivity index (χ4n) is 3.43. The van der Waals surface area contributed by atoms with Gasteiger partial charge in [0.15, 0.2) is 0 Å². The van der Waals surface area contributed by atoms with Crippen molar-refractivity contribution in [3.8, 4) is 0 Å². The molecule has 1 saturated heterocycles. The number of para-hydroxylation sites is 1. The lowest BCUT2D eigenvalue weighted by Crippen LogP contribution is -2.36. The fraction of sp³-hybridized carbons (Fsp3) is 0.238. The van der Waals surface area contributed by atoms with Gasteiger partial charge < -0.3 is 14.2 Å². The second-order valence-electron chi connectivity index (χ2n) is 6.71. The van der Waals surface area contributed by atoms with E-state index in [1.54, 1.807) is 45.6 Å². The first kappa shape index (κ1) is 18.8. The molecule has 1 unspecified atom stereocenters. The van der Waals surface area contributed by atoms with Crippen molar-refractivity contribution in [1.29, 1.82) is 0 Å². The molecule has 0 saturated carbocycles. The molecule has 144 valence electrons. The summed E-state index contributed by atoms with van der Waals surface area (Å²) < 4.78 is 5.44. The Balaban J connectivity index is 1.53. The van der Waals surface area contributed by atoms with Crippen molar-refractivity contribution >= 4 is 40.4 Å². The van der Waals surface area contributed by atoms with E-state index in [1.165, 1.54) is 0 Å². The Morgan fingerprint density at radius 1 is 1.18 bits per heavy atom. The van der Waals surface area contributed by atoms with Gasteiger partial charge in [0.1, 0.15) is 5.76 Å².